The van der Waals surface area contributed by atoms with Crippen molar-refractivity contribution in [3.05, 3.63) is 77.9 Å². The Balaban J connectivity index is 1.75. The molecule has 24 heavy (non-hydrogen) atoms. The molecule has 1 aliphatic rings. The molecule has 0 saturated carbocycles. The summed E-state index contributed by atoms with van der Waals surface area (Å²) in [6, 6.07) is 18.3. The first-order valence-corrected chi connectivity index (χ1v) is 7.59. The molecule has 2 aromatic rings. The van der Waals surface area contributed by atoms with Crippen LogP contribution in [0.3, 0.4) is 0 Å². The molecule has 1 saturated heterocycles. The van der Waals surface area contributed by atoms with Crippen LogP contribution in [0.25, 0.3) is 6.08 Å². The second-order valence-electron chi connectivity index (χ2n) is 5.57. The van der Waals surface area contributed by atoms with E-state index in [0.29, 0.717) is 0 Å². The maximum atomic E-state index is 12.6. The van der Waals surface area contributed by atoms with Crippen LogP contribution in [0.15, 0.2) is 71.8 Å². The minimum atomic E-state index is -1.10. The fraction of sp³-hybridized carbons (Fsp3) is 0.105. The summed E-state index contributed by atoms with van der Waals surface area (Å²) in [4.78, 5) is 24.7. The number of hydrogen-bond acceptors (Lipinski definition) is 3. The first-order valence-electron chi connectivity index (χ1n) is 7.59. The fourth-order valence-corrected chi connectivity index (χ4v) is 2.52. The highest BCUT2D eigenvalue weighted by atomic mass is 16.2. The van der Waals surface area contributed by atoms with Gasteiger partial charge in [-0.3, -0.25) is 4.79 Å². The van der Waals surface area contributed by atoms with E-state index in [9.17, 15) is 9.59 Å². The maximum absolute atomic E-state index is 12.6. The second-order valence-corrected chi connectivity index (χ2v) is 5.57. The molecule has 5 heteroatoms. The highest BCUT2D eigenvalue weighted by Gasteiger charge is 2.49. The molecule has 1 heterocycles. The van der Waals surface area contributed by atoms with E-state index in [1.807, 2.05) is 54.6 Å². The van der Waals surface area contributed by atoms with Gasteiger partial charge in [0.25, 0.3) is 5.91 Å². The molecule has 0 radical (unpaired) electrons. The van der Waals surface area contributed by atoms with Gasteiger partial charge < -0.3 is 5.32 Å². The number of amides is 3. The SMILES string of the molecule is C[C@]1(c2ccccc2)NC(=O)N(/N=C\C=C\c2ccccc2)C1=O. The maximum Gasteiger partial charge on any atom is 0.346 e. The molecular weight excluding hydrogens is 302 g/mol. The molecule has 1 N–H and O–H groups in total. The number of benzene rings is 2. The number of nitrogens with one attached hydrogen (secondary N) is 1. The van der Waals surface area contributed by atoms with Gasteiger partial charge in [-0.2, -0.15) is 5.10 Å². The van der Waals surface area contributed by atoms with Crippen LogP contribution in [0, 0.1) is 0 Å². The van der Waals surface area contributed by atoms with E-state index in [0.717, 1.165) is 16.1 Å². The van der Waals surface area contributed by atoms with Crippen molar-refractivity contribution in [1.29, 1.82) is 0 Å². The zero-order valence-corrected chi connectivity index (χ0v) is 13.2. The van der Waals surface area contributed by atoms with Gasteiger partial charge in [0.15, 0.2) is 0 Å². The lowest BCUT2D eigenvalue weighted by Crippen LogP contribution is -2.40. The minimum Gasteiger partial charge on any atom is -0.318 e. The largest absolute Gasteiger partial charge is 0.346 e. The van der Waals surface area contributed by atoms with Gasteiger partial charge in [0.05, 0.1) is 0 Å². The summed E-state index contributed by atoms with van der Waals surface area (Å²) in [5.74, 6) is -0.400. The monoisotopic (exact) mass is 319 g/mol. The summed E-state index contributed by atoms with van der Waals surface area (Å²) in [5.41, 5.74) is 0.634. The smallest absolute Gasteiger partial charge is 0.318 e. The number of allylic oxidation sites excluding steroid dienone is 1. The van der Waals surface area contributed by atoms with Gasteiger partial charge >= 0.3 is 6.03 Å². The molecular formula is C19H17N3O2. The van der Waals surface area contributed by atoms with Crippen LogP contribution in [-0.2, 0) is 10.3 Å². The summed E-state index contributed by atoms with van der Waals surface area (Å²) in [5, 5.41) is 7.55. The van der Waals surface area contributed by atoms with E-state index >= 15 is 0 Å². The molecule has 3 rings (SSSR count). The normalized spacial score (nSPS) is 21.0. The molecule has 3 amide bonds. The number of imide groups is 1. The van der Waals surface area contributed by atoms with Gasteiger partial charge in [-0.1, -0.05) is 66.7 Å². The van der Waals surface area contributed by atoms with Crippen molar-refractivity contribution in [3.8, 4) is 0 Å². The number of hydrazone groups is 1. The van der Waals surface area contributed by atoms with Gasteiger partial charge in [0.2, 0.25) is 0 Å². The average molecular weight is 319 g/mol. The first-order chi connectivity index (χ1) is 11.6. The number of nitrogens with zero attached hydrogens (tertiary/aromatic N) is 2. The van der Waals surface area contributed by atoms with E-state index in [1.54, 1.807) is 25.1 Å². The Labute approximate surface area is 140 Å². The van der Waals surface area contributed by atoms with Crippen LogP contribution < -0.4 is 5.32 Å². The standard InChI is InChI=1S/C19H17N3O2/c1-19(16-12-6-3-7-13-16)17(23)22(18(24)21-19)20-14-8-11-15-9-4-2-5-10-15/h2-14H,1H3,(H,21,24)/b11-8+,20-14-/t19-/m1/s1. The lowest BCUT2D eigenvalue weighted by Gasteiger charge is -2.20. The molecule has 0 spiro atoms. The topological polar surface area (TPSA) is 61.8 Å². The number of rotatable bonds is 4. The number of hydrogen-bond donors (Lipinski definition) is 1. The Kier molecular flexibility index (Phi) is 4.24. The average Bonchev–Trinajstić information content (AvgIpc) is 2.84. The zero-order chi connectivity index (χ0) is 17.0. The van der Waals surface area contributed by atoms with E-state index < -0.39 is 17.5 Å². The molecule has 1 aliphatic heterocycles. The van der Waals surface area contributed by atoms with Crippen molar-refractivity contribution in [2.75, 3.05) is 0 Å². The van der Waals surface area contributed by atoms with Crippen LogP contribution in [0.2, 0.25) is 0 Å². The van der Waals surface area contributed by atoms with Gasteiger partial charge in [-0.15, -0.1) is 5.01 Å². The van der Waals surface area contributed by atoms with Gasteiger partial charge in [-0.25, -0.2) is 4.79 Å². The second kappa shape index (κ2) is 6.50. The van der Waals surface area contributed by atoms with Crippen molar-refractivity contribution >= 4 is 24.2 Å². The van der Waals surface area contributed by atoms with Gasteiger partial charge in [0, 0.05) is 6.21 Å². The van der Waals surface area contributed by atoms with E-state index in [2.05, 4.69) is 10.4 Å². The molecule has 0 aromatic heterocycles. The highest BCUT2D eigenvalue weighted by molar-refractivity contribution is 6.07. The molecule has 1 fully saturated rings. The molecule has 5 nitrogen and oxygen atoms in total. The van der Waals surface area contributed by atoms with Crippen LogP contribution in [0.1, 0.15) is 18.1 Å². The lowest BCUT2D eigenvalue weighted by molar-refractivity contribution is -0.131. The summed E-state index contributed by atoms with van der Waals surface area (Å²) in [7, 11) is 0. The molecule has 0 unspecified atom stereocenters. The Morgan fingerprint density at radius 2 is 1.62 bits per heavy atom. The van der Waals surface area contributed by atoms with Gasteiger partial charge in [-0.05, 0) is 24.1 Å². The molecule has 0 bridgehead atoms. The minimum absolute atomic E-state index is 0.400. The van der Waals surface area contributed by atoms with Crippen LogP contribution in [0.5, 0.6) is 0 Å². The van der Waals surface area contributed by atoms with Crippen LogP contribution in [0.4, 0.5) is 4.79 Å². The summed E-state index contributed by atoms with van der Waals surface area (Å²) < 4.78 is 0. The zero-order valence-electron chi connectivity index (χ0n) is 13.2. The summed E-state index contributed by atoms with van der Waals surface area (Å²) >= 11 is 0. The van der Waals surface area contributed by atoms with Crippen molar-refractivity contribution in [2.24, 2.45) is 5.10 Å². The summed E-state index contributed by atoms with van der Waals surface area (Å²) in [6.45, 7) is 1.68. The van der Waals surface area contributed by atoms with Crippen LogP contribution in [-0.4, -0.2) is 23.2 Å². The molecule has 1 atom stereocenters. The third-order valence-corrected chi connectivity index (χ3v) is 3.88. The fourth-order valence-electron chi connectivity index (χ4n) is 2.52. The molecule has 120 valence electrons. The van der Waals surface area contributed by atoms with Crippen molar-refractivity contribution < 1.29 is 9.59 Å². The Morgan fingerprint density at radius 3 is 2.29 bits per heavy atom. The Hall–Kier alpha value is -3.21. The quantitative estimate of drug-likeness (QED) is 0.695. The van der Waals surface area contributed by atoms with Crippen molar-refractivity contribution in [1.82, 2.24) is 10.3 Å². The lowest BCUT2D eigenvalue weighted by atomic mass is 9.92. The number of carbonyl (C=O) groups is 2. The third-order valence-electron chi connectivity index (χ3n) is 3.88. The number of carbonyl (C=O) groups excluding carboxylic acids is 2. The highest BCUT2D eigenvalue weighted by Crippen LogP contribution is 2.28. The van der Waals surface area contributed by atoms with Crippen LogP contribution >= 0.6 is 0 Å². The Bertz CT molecular complexity index is 800. The van der Waals surface area contributed by atoms with E-state index in [4.69, 9.17) is 0 Å². The predicted molar refractivity (Wildman–Crippen MR) is 93.1 cm³/mol. The number of urea groups is 1. The van der Waals surface area contributed by atoms with Crippen molar-refractivity contribution in [3.63, 3.8) is 0 Å². The first kappa shape index (κ1) is 15.7. The van der Waals surface area contributed by atoms with E-state index in [1.165, 1.54) is 6.21 Å². The molecule has 0 aliphatic carbocycles. The molecule has 2 aromatic carbocycles. The van der Waals surface area contributed by atoms with Crippen molar-refractivity contribution in [2.45, 2.75) is 12.5 Å². The van der Waals surface area contributed by atoms with Gasteiger partial charge in [0.1, 0.15) is 5.54 Å². The third kappa shape index (κ3) is 2.96. The Morgan fingerprint density at radius 1 is 1.00 bits per heavy atom. The summed E-state index contributed by atoms with van der Waals surface area (Å²) in [6.07, 6.45) is 4.97. The predicted octanol–water partition coefficient (Wildman–Crippen LogP) is 3.15. The van der Waals surface area contributed by atoms with E-state index in [-0.39, 0.29) is 0 Å².